The van der Waals surface area contributed by atoms with Crippen molar-refractivity contribution in [3.8, 4) is 0 Å². The number of aliphatic carboxylic acids is 1. The lowest BCUT2D eigenvalue weighted by molar-refractivity contribution is -0.138. The Morgan fingerprint density at radius 3 is 2.89 bits per heavy atom. The van der Waals surface area contributed by atoms with E-state index in [1.54, 1.807) is 0 Å². The predicted molar refractivity (Wildman–Crippen MR) is 70.4 cm³/mol. The summed E-state index contributed by atoms with van der Waals surface area (Å²) in [7, 11) is 1.90. The largest absolute Gasteiger partial charge is 0.480 e. The third-order valence-corrected chi connectivity index (χ3v) is 3.44. The van der Waals surface area contributed by atoms with E-state index in [1.165, 1.54) is 36.0 Å². The van der Waals surface area contributed by atoms with E-state index in [0.717, 1.165) is 6.54 Å². The normalized spacial score (nSPS) is 15.7. The molecule has 4 nitrogen and oxygen atoms in total. The van der Waals surface area contributed by atoms with Crippen molar-refractivity contribution in [1.82, 2.24) is 4.90 Å². The van der Waals surface area contributed by atoms with E-state index in [2.05, 4.69) is 18.2 Å². The molecule has 1 atom stereocenters. The van der Waals surface area contributed by atoms with E-state index >= 15 is 0 Å². The topological polar surface area (TPSA) is 66.6 Å². The first-order valence-corrected chi connectivity index (χ1v) is 6.34. The molecule has 0 radical (unpaired) electrons. The molecule has 4 heteroatoms. The van der Waals surface area contributed by atoms with Crippen LogP contribution in [0.1, 0.15) is 23.1 Å². The van der Waals surface area contributed by atoms with Gasteiger partial charge < -0.3 is 10.8 Å². The summed E-state index contributed by atoms with van der Waals surface area (Å²) in [6, 6.07) is 5.75. The highest BCUT2D eigenvalue weighted by atomic mass is 16.4. The molecule has 0 spiro atoms. The maximum absolute atomic E-state index is 10.7. The van der Waals surface area contributed by atoms with Crippen LogP contribution in [0, 0.1) is 0 Å². The molecule has 0 fully saturated rings. The molecule has 18 heavy (non-hydrogen) atoms. The van der Waals surface area contributed by atoms with Gasteiger partial charge in [-0.1, -0.05) is 18.2 Å². The van der Waals surface area contributed by atoms with Gasteiger partial charge in [-0.2, -0.15) is 0 Å². The van der Waals surface area contributed by atoms with Crippen LogP contribution in [0.3, 0.4) is 0 Å². The van der Waals surface area contributed by atoms with Crippen LogP contribution >= 0.6 is 0 Å². The molecular weight excluding hydrogens is 228 g/mol. The van der Waals surface area contributed by atoms with Crippen LogP contribution in [-0.2, 0) is 24.2 Å². The number of carboxylic acids is 1. The molecule has 0 heterocycles. The lowest BCUT2D eigenvalue weighted by Gasteiger charge is -2.19. The number of carbonyl (C=O) groups is 1. The van der Waals surface area contributed by atoms with E-state index in [4.69, 9.17) is 10.8 Å². The van der Waals surface area contributed by atoms with Crippen LogP contribution < -0.4 is 5.73 Å². The van der Waals surface area contributed by atoms with Crippen molar-refractivity contribution in [2.24, 2.45) is 5.73 Å². The van der Waals surface area contributed by atoms with Gasteiger partial charge in [-0.25, -0.2) is 0 Å². The second-order valence-corrected chi connectivity index (χ2v) is 5.10. The number of hydrogen-bond donors (Lipinski definition) is 2. The van der Waals surface area contributed by atoms with Gasteiger partial charge >= 0.3 is 5.97 Å². The molecule has 1 aliphatic carbocycles. The Balaban J connectivity index is 1.95. The van der Waals surface area contributed by atoms with Crippen LogP contribution in [0.5, 0.6) is 0 Å². The molecule has 1 unspecified atom stereocenters. The highest BCUT2D eigenvalue weighted by molar-refractivity contribution is 5.73. The van der Waals surface area contributed by atoms with Crippen molar-refractivity contribution in [3.05, 3.63) is 34.9 Å². The van der Waals surface area contributed by atoms with Gasteiger partial charge in [-0.3, -0.25) is 9.69 Å². The molecule has 1 aliphatic rings. The average molecular weight is 248 g/mol. The molecular formula is C14H20N2O2. The summed E-state index contributed by atoms with van der Waals surface area (Å²) in [5, 5.41) is 8.77. The summed E-state index contributed by atoms with van der Waals surface area (Å²) in [6.07, 6.45) is 3.61. The number of aryl methyl sites for hydroxylation is 2. The molecule has 0 amide bonds. The minimum absolute atomic E-state index is 0.367. The highest BCUT2D eigenvalue weighted by Crippen LogP contribution is 2.23. The summed E-state index contributed by atoms with van der Waals surface area (Å²) in [5.74, 6) is -0.948. The first-order valence-electron chi connectivity index (χ1n) is 6.34. The van der Waals surface area contributed by atoms with Crippen molar-refractivity contribution in [1.29, 1.82) is 0 Å². The lowest BCUT2D eigenvalue weighted by atomic mass is 10.1. The molecule has 1 aromatic rings. The molecule has 0 bridgehead atoms. The van der Waals surface area contributed by atoms with Crippen molar-refractivity contribution in [3.63, 3.8) is 0 Å². The zero-order valence-electron chi connectivity index (χ0n) is 10.7. The monoisotopic (exact) mass is 248 g/mol. The van der Waals surface area contributed by atoms with E-state index in [9.17, 15) is 4.79 Å². The zero-order valence-corrected chi connectivity index (χ0v) is 10.7. The first kappa shape index (κ1) is 13.1. The van der Waals surface area contributed by atoms with Crippen molar-refractivity contribution in [2.75, 3.05) is 13.6 Å². The van der Waals surface area contributed by atoms with Gasteiger partial charge in [0.15, 0.2) is 0 Å². The van der Waals surface area contributed by atoms with Gasteiger partial charge in [0.1, 0.15) is 6.04 Å². The summed E-state index contributed by atoms with van der Waals surface area (Å²) in [6.45, 7) is 1.11. The first-order chi connectivity index (χ1) is 8.56. The molecule has 2 rings (SSSR count). The number of hydrogen-bond acceptors (Lipinski definition) is 3. The Labute approximate surface area is 107 Å². The number of fused-ring (bicyclic) bond motifs is 1. The highest BCUT2D eigenvalue weighted by Gasteiger charge is 2.15. The quantitative estimate of drug-likeness (QED) is 0.816. The second kappa shape index (κ2) is 5.50. The molecule has 3 N–H and O–H groups in total. The molecule has 0 saturated carbocycles. The number of nitrogens with zero attached hydrogens (tertiary/aromatic N) is 1. The fraction of sp³-hybridized carbons (Fsp3) is 0.500. The Bertz CT molecular complexity index is 445. The van der Waals surface area contributed by atoms with Gasteiger partial charge in [-0.15, -0.1) is 0 Å². The van der Waals surface area contributed by atoms with E-state index in [0.29, 0.717) is 6.54 Å². The van der Waals surface area contributed by atoms with Crippen molar-refractivity contribution in [2.45, 2.75) is 31.8 Å². The Kier molecular flexibility index (Phi) is 3.99. The third-order valence-electron chi connectivity index (χ3n) is 3.44. The van der Waals surface area contributed by atoms with Crippen molar-refractivity contribution >= 4 is 5.97 Å². The standard InChI is InChI=1S/C14H20N2O2/c1-16(9-13(15)14(17)18)8-10-5-6-11-3-2-4-12(11)7-10/h5-7,13H,2-4,8-9,15H2,1H3,(H,17,18). The maximum Gasteiger partial charge on any atom is 0.321 e. The summed E-state index contributed by atoms with van der Waals surface area (Å²) in [5.41, 5.74) is 9.66. The van der Waals surface area contributed by atoms with Crippen LogP contribution in [-0.4, -0.2) is 35.6 Å². The van der Waals surface area contributed by atoms with E-state index < -0.39 is 12.0 Å². The summed E-state index contributed by atoms with van der Waals surface area (Å²) < 4.78 is 0. The number of nitrogens with two attached hydrogens (primary N) is 1. The van der Waals surface area contributed by atoms with Gasteiger partial charge in [-0.05, 0) is 43.0 Å². The number of likely N-dealkylation sites (N-methyl/N-ethyl adjacent to an activating group) is 1. The van der Waals surface area contributed by atoms with Crippen molar-refractivity contribution < 1.29 is 9.90 Å². The molecule has 0 aliphatic heterocycles. The van der Waals surface area contributed by atoms with Gasteiger partial charge in [0.25, 0.3) is 0 Å². The van der Waals surface area contributed by atoms with Gasteiger partial charge in [0.05, 0.1) is 0 Å². The van der Waals surface area contributed by atoms with E-state index in [-0.39, 0.29) is 0 Å². The smallest absolute Gasteiger partial charge is 0.321 e. The molecule has 0 aromatic heterocycles. The van der Waals surface area contributed by atoms with Crippen LogP contribution in [0.4, 0.5) is 0 Å². The Hall–Kier alpha value is -1.39. The lowest BCUT2D eigenvalue weighted by Crippen LogP contribution is -2.40. The van der Waals surface area contributed by atoms with Crippen LogP contribution in [0.2, 0.25) is 0 Å². The minimum Gasteiger partial charge on any atom is -0.480 e. The second-order valence-electron chi connectivity index (χ2n) is 5.10. The molecule has 98 valence electrons. The predicted octanol–water partition coefficient (Wildman–Crippen LogP) is 1.02. The fourth-order valence-corrected chi connectivity index (χ4v) is 2.51. The van der Waals surface area contributed by atoms with Gasteiger partial charge in [0.2, 0.25) is 0 Å². The average Bonchev–Trinajstić information content (AvgIpc) is 2.75. The molecule has 0 saturated heterocycles. The van der Waals surface area contributed by atoms with Crippen LogP contribution in [0.15, 0.2) is 18.2 Å². The molecule has 1 aromatic carbocycles. The number of rotatable bonds is 5. The van der Waals surface area contributed by atoms with E-state index in [1.807, 2.05) is 11.9 Å². The third kappa shape index (κ3) is 3.09. The summed E-state index contributed by atoms with van der Waals surface area (Å²) >= 11 is 0. The SMILES string of the molecule is CN(Cc1ccc2c(c1)CCC2)CC(N)C(=O)O. The Morgan fingerprint density at radius 2 is 2.17 bits per heavy atom. The Morgan fingerprint density at radius 1 is 1.44 bits per heavy atom. The number of carboxylic acid groups (broad SMARTS) is 1. The maximum atomic E-state index is 10.7. The minimum atomic E-state index is -0.948. The summed E-state index contributed by atoms with van der Waals surface area (Å²) in [4.78, 5) is 12.6. The van der Waals surface area contributed by atoms with Crippen LogP contribution in [0.25, 0.3) is 0 Å². The fourth-order valence-electron chi connectivity index (χ4n) is 2.51. The van der Waals surface area contributed by atoms with Gasteiger partial charge in [0, 0.05) is 13.1 Å². The number of benzene rings is 1. The zero-order chi connectivity index (χ0) is 13.1.